The van der Waals surface area contributed by atoms with Gasteiger partial charge in [-0.25, -0.2) is 4.98 Å². The number of allylic oxidation sites excluding steroid dienone is 4. The number of fused-ring (bicyclic) bond motifs is 1. The number of aromatic amines is 1. The third-order valence-electron chi connectivity index (χ3n) is 6.88. The molecule has 3 aromatic heterocycles. The number of hydrogen-bond donors (Lipinski definition) is 3. The van der Waals surface area contributed by atoms with Gasteiger partial charge in [-0.1, -0.05) is 76.1 Å². The number of benzene rings is 2. The SMILES string of the molecule is C=C/C(=C\C(=C/C)c1ccc(NC)c(C(=C)c2nc3c(-c4ccncc4)cncc3[nH]2)c1)NC(=C)c1ccccc1.CC. The predicted octanol–water partition coefficient (Wildman–Crippen LogP) is 8.88. The van der Waals surface area contributed by atoms with Crippen molar-refractivity contribution >= 4 is 33.6 Å². The fourth-order valence-corrected chi connectivity index (χ4v) is 4.67. The molecule has 3 heterocycles. The van der Waals surface area contributed by atoms with Crippen molar-refractivity contribution in [1.82, 2.24) is 25.3 Å². The van der Waals surface area contributed by atoms with E-state index in [4.69, 9.17) is 4.98 Å². The number of nitrogens with one attached hydrogen (secondary N) is 3. The Hall–Kier alpha value is -5.49. The molecule has 0 aliphatic heterocycles. The standard InChI is InChI=1S/C35H32N6.C2H6/c1-6-25(19-29(7-2)39-24(4)26-11-9-8-10-12-26)28-13-14-32(36-5)30(20-28)23(3)35-40-33-22-38-21-31(34(33)41-35)27-15-17-37-18-16-27;1-2/h6-22,36,39H,2-4H2,1,5H3,(H,40,41);1-2H3/b25-6+,29-19+;. The number of rotatable bonds is 10. The van der Waals surface area contributed by atoms with Crippen LogP contribution >= 0.6 is 0 Å². The molecule has 0 atom stereocenters. The second kappa shape index (κ2) is 14.4. The Bertz CT molecular complexity index is 1790. The molecule has 0 radical (unpaired) electrons. The summed E-state index contributed by atoms with van der Waals surface area (Å²) in [5.41, 5.74) is 11.0. The molecule has 6 heteroatoms. The number of anilines is 1. The van der Waals surface area contributed by atoms with Crippen molar-refractivity contribution in [2.75, 3.05) is 12.4 Å². The van der Waals surface area contributed by atoms with Gasteiger partial charge in [-0.05, 0) is 65.6 Å². The highest BCUT2D eigenvalue weighted by Gasteiger charge is 2.16. The molecule has 0 aliphatic carbocycles. The van der Waals surface area contributed by atoms with Gasteiger partial charge in [-0.15, -0.1) is 0 Å². The van der Waals surface area contributed by atoms with E-state index in [0.29, 0.717) is 5.82 Å². The number of imidazole rings is 1. The number of H-pyrrole nitrogens is 1. The molecule has 0 saturated heterocycles. The van der Waals surface area contributed by atoms with Gasteiger partial charge in [0.05, 0.1) is 17.2 Å². The molecule has 216 valence electrons. The van der Waals surface area contributed by atoms with Crippen molar-refractivity contribution in [2.45, 2.75) is 20.8 Å². The van der Waals surface area contributed by atoms with Gasteiger partial charge in [0.25, 0.3) is 0 Å². The van der Waals surface area contributed by atoms with Crippen molar-refractivity contribution in [1.29, 1.82) is 0 Å². The van der Waals surface area contributed by atoms with Gasteiger partial charge in [0.2, 0.25) is 0 Å². The fraction of sp³-hybridized carbons (Fsp3) is 0.108. The van der Waals surface area contributed by atoms with Crippen LogP contribution in [0.4, 0.5) is 5.69 Å². The zero-order valence-corrected chi connectivity index (χ0v) is 25.3. The van der Waals surface area contributed by atoms with Crippen molar-refractivity contribution < 1.29 is 0 Å². The van der Waals surface area contributed by atoms with Crippen molar-refractivity contribution in [3.8, 4) is 11.1 Å². The zero-order valence-electron chi connectivity index (χ0n) is 25.3. The van der Waals surface area contributed by atoms with Crippen LogP contribution in [0.5, 0.6) is 0 Å². The van der Waals surface area contributed by atoms with Gasteiger partial charge >= 0.3 is 0 Å². The second-order valence-electron chi connectivity index (χ2n) is 9.41. The summed E-state index contributed by atoms with van der Waals surface area (Å²) in [5.74, 6) is 0.683. The van der Waals surface area contributed by atoms with E-state index < -0.39 is 0 Å². The van der Waals surface area contributed by atoms with Crippen molar-refractivity contribution in [3.63, 3.8) is 0 Å². The third-order valence-corrected chi connectivity index (χ3v) is 6.88. The van der Waals surface area contributed by atoms with Crippen LogP contribution in [0.2, 0.25) is 0 Å². The molecule has 0 bridgehead atoms. The summed E-state index contributed by atoms with van der Waals surface area (Å²) in [6, 6.07) is 20.2. The van der Waals surface area contributed by atoms with Gasteiger partial charge in [-0.2, -0.15) is 0 Å². The first-order valence-corrected chi connectivity index (χ1v) is 14.3. The highest BCUT2D eigenvalue weighted by Crippen LogP contribution is 2.33. The maximum atomic E-state index is 4.96. The van der Waals surface area contributed by atoms with Crippen LogP contribution in [-0.2, 0) is 0 Å². The van der Waals surface area contributed by atoms with E-state index in [0.717, 1.165) is 67.1 Å². The molecule has 0 saturated carbocycles. The van der Waals surface area contributed by atoms with Crippen molar-refractivity contribution in [2.24, 2.45) is 0 Å². The molecular formula is C37H38N6. The molecule has 0 aliphatic rings. The minimum absolute atomic E-state index is 0.683. The first-order chi connectivity index (χ1) is 21.0. The van der Waals surface area contributed by atoms with Crippen LogP contribution in [-0.4, -0.2) is 27.0 Å². The average molecular weight is 567 g/mol. The summed E-state index contributed by atoms with van der Waals surface area (Å²) in [5, 5.41) is 6.69. The number of aromatic nitrogens is 4. The minimum atomic E-state index is 0.683. The monoisotopic (exact) mass is 566 g/mol. The summed E-state index contributed by atoms with van der Waals surface area (Å²) in [6.45, 7) is 18.7. The van der Waals surface area contributed by atoms with E-state index in [2.05, 4.69) is 75.7 Å². The van der Waals surface area contributed by atoms with Crippen LogP contribution in [0.1, 0.15) is 43.3 Å². The Labute approximate surface area is 254 Å². The maximum Gasteiger partial charge on any atom is 0.138 e. The minimum Gasteiger partial charge on any atom is -0.388 e. The summed E-state index contributed by atoms with van der Waals surface area (Å²) < 4.78 is 0. The van der Waals surface area contributed by atoms with E-state index in [1.165, 1.54) is 0 Å². The van der Waals surface area contributed by atoms with Crippen LogP contribution in [0.3, 0.4) is 0 Å². The highest BCUT2D eigenvalue weighted by atomic mass is 14.9. The molecule has 2 aromatic carbocycles. The average Bonchev–Trinajstić information content (AvgIpc) is 3.52. The zero-order chi connectivity index (χ0) is 30.8. The van der Waals surface area contributed by atoms with E-state index in [-0.39, 0.29) is 0 Å². The fourth-order valence-electron chi connectivity index (χ4n) is 4.67. The van der Waals surface area contributed by atoms with Crippen LogP contribution in [0, 0.1) is 0 Å². The molecule has 0 fully saturated rings. The molecular weight excluding hydrogens is 528 g/mol. The maximum absolute atomic E-state index is 4.96. The summed E-state index contributed by atoms with van der Waals surface area (Å²) in [6.07, 6.45) is 13.1. The first-order valence-electron chi connectivity index (χ1n) is 14.3. The second-order valence-corrected chi connectivity index (χ2v) is 9.41. The van der Waals surface area contributed by atoms with Gasteiger partial charge < -0.3 is 15.6 Å². The molecule has 3 N–H and O–H groups in total. The Kier molecular flexibility index (Phi) is 10.2. The molecule has 5 aromatic rings. The van der Waals surface area contributed by atoms with E-state index >= 15 is 0 Å². The number of hydrogen-bond acceptors (Lipinski definition) is 5. The largest absolute Gasteiger partial charge is 0.388 e. The van der Waals surface area contributed by atoms with Crippen LogP contribution in [0.15, 0.2) is 129 Å². The lowest BCUT2D eigenvalue weighted by Gasteiger charge is -2.15. The summed E-state index contributed by atoms with van der Waals surface area (Å²) >= 11 is 0. The lowest BCUT2D eigenvalue weighted by atomic mass is 9.96. The van der Waals surface area contributed by atoms with Crippen molar-refractivity contribution in [3.05, 3.63) is 152 Å². The lowest BCUT2D eigenvalue weighted by molar-refractivity contribution is 1.14. The van der Waals surface area contributed by atoms with E-state index in [1.54, 1.807) is 24.7 Å². The molecule has 0 unspecified atom stereocenters. The summed E-state index contributed by atoms with van der Waals surface area (Å²) in [7, 11) is 1.90. The molecule has 43 heavy (non-hydrogen) atoms. The lowest BCUT2D eigenvalue weighted by Crippen LogP contribution is -2.09. The summed E-state index contributed by atoms with van der Waals surface area (Å²) in [4.78, 5) is 16.9. The molecule has 5 rings (SSSR count). The third kappa shape index (κ3) is 6.88. The quantitative estimate of drug-likeness (QED) is 0.147. The van der Waals surface area contributed by atoms with Crippen LogP contribution < -0.4 is 10.6 Å². The van der Waals surface area contributed by atoms with Gasteiger partial charge in [0, 0.05) is 59.4 Å². The Morgan fingerprint density at radius 1 is 0.907 bits per heavy atom. The normalized spacial score (nSPS) is 11.3. The predicted molar refractivity (Wildman–Crippen MR) is 183 cm³/mol. The van der Waals surface area contributed by atoms with Gasteiger partial charge in [0.1, 0.15) is 5.82 Å². The van der Waals surface area contributed by atoms with Gasteiger partial charge in [-0.3, -0.25) is 9.97 Å². The van der Waals surface area contributed by atoms with Gasteiger partial charge in [0.15, 0.2) is 0 Å². The van der Waals surface area contributed by atoms with E-state index in [9.17, 15) is 0 Å². The van der Waals surface area contributed by atoms with Crippen LogP contribution in [0.25, 0.3) is 39.0 Å². The Balaban J connectivity index is 0.00000207. The Morgan fingerprint density at radius 3 is 2.33 bits per heavy atom. The molecule has 0 amide bonds. The highest BCUT2D eigenvalue weighted by molar-refractivity contribution is 5.94. The Morgan fingerprint density at radius 2 is 1.65 bits per heavy atom. The number of nitrogens with zero attached hydrogens (tertiary/aromatic N) is 3. The molecule has 0 spiro atoms. The topological polar surface area (TPSA) is 78.5 Å². The molecule has 6 nitrogen and oxygen atoms in total. The number of pyridine rings is 2. The van der Waals surface area contributed by atoms with E-state index in [1.807, 2.05) is 76.5 Å². The first kappa shape index (κ1) is 30.5. The smallest absolute Gasteiger partial charge is 0.138 e.